The standard InChI is InChI=1S/C18H20N2O3S/c1-3-18-10-19(8-9-20(18)17(22)23-11-18)16(21)15-12(2)24-14-7-5-4-6-13(14)15/h4-7H,3,8-11H2,1-2H3. The van der Waals surface area contributed by atoms with Crippen molar-refractivity contribution in [2.75, 3.05) is 26.2 Å². The van der Waals surface area contributed by atoms with Crippen molar-refractivity contribution in [2.24, 2.45) is 0 Å². The van der Waals surface area contributed by atoms with E-state index in [2.05, 4.69) is 6.07 Å². The van der Waals surface area contributed by atoms with Crippen molar-refractivity contribution in [3.63, 3.8) is 0 Å². The van der Waals surface area contributed by atoms with Crippen molar-refractivity contribution < 1.29 is 14.3 Å². The van der Waals surface area contributed by atoms with Crippen LogP contribution in [0.15, 0.2) is 24.3 Å². The minimum Gasteiger partial charge on any atom is -0.447 e. The summed E-state index contributed by atoms with van der Waals surface area (Å²) in [6.07, 6.45) is 0.535. The fourth-order valence-electron chi connectivity index (χ4n) is 3.83. The Morgan fingerprint density at radius 3 is 2.92 bits per heavy atom. The van der Waals surface area contributed by atoms with Gasteiger partial charge in [-0.15, -0.1) is 11.3 Å². The molecule has 1 atom stereocenters. The summed E-state index contributed by atoms with van der Waals surface area (Å²) in [4.78, 5) is 29.9. The summed E-state index contributed by atoms with van der Waals surface area (Å²) >= 11 is 1.66. The first-order chi connectivity index (χ1) is 11.6. The second-order valence-corrected chi connectivity index (χ2v) is 7.80. The Kier molecular flexibility index (Phi) is 3.53. The highest BCUT2D eigenvalue weighted by atomic mass is 32.1. The lowest BCUT2D eigenvalue weighted by atomic mass is 9.92. The molecule has 2 aromatic rings. The predicted octanol–water partition coefficient (Wildman–Crippen LogP) is 3.27. The Bertz CT molecular complexity index is 831. The van der Waals surface area contributed by atoms with Gasteiger partial charge < -0.3 is 9.64 Å². The zero-order valence-corrected chi connectivity index (χ0v) is 14.7. The number of rotatable bonds is 2. The number of hydrogen-bond donors (Lipinski definition) is 0. The zero-order valence-electron chi connectivity index (χ0n) is 13.9. The summed E-state index contributed by atoms with van der Waals surface area (Å²) < 4.78 is 6.40. The summed E-state index contributed by atoms with van der Waals surface area (Å²) in [6.45, 7) is 6.06. The van der Waals surface area contributed by atoms with Crippen LogP contribution in [0, 0.1) is 6.92 Å². The van der Waals surface area contributed by atoms with Crippen LogP contribution in [0.4, 0.5) is 4.79 Å². The van der Waals surface area contributed by atoms with Gasteiger partial charge in [0.25, 0.3) is 5.91 Å². The molecule has 4 rings (SSSR count). The molecule has 0 radical (unpaired) electrons. The van der Waals surface area contributed by atoms with E-state index in [1.807, 2.05) is 36.9 Å². The van der Waals surface area contributed by atoms with Crippen molar-refractivity contribution in [1.29, 1.82) is 0 Å². The number of piperazine rings is 1. The predicted molar refractivity (Wildman–Crippen MR) is 93.5 cm³/mol. The second kappa shape index (κ2) is 5.48. The molecule has 24 heavy (non-hydrogen) atoms. The van der Waals surface area contributed by atoms with E-state index >= 15 is 0 Å². The lowest BCUT2D eigenvalue weighted by Gasteiger charge is -2.44. The largest absolute Gasteiger partial charge is 0.447 e. The summed E-state index contributed by atoms with van der Waals surface area (Å²) in [6, 6.07) is 8.04. The summed E-state index contributed by atoms with van der Waals surface area (Å²) in [5.41, 5.74) is 0.436. The van der Waals surface area contributed by atoms with E-state index in [9.17, 15) is 9.59 Å². The van der Waals surface area contributed by atoms with Crippen molar-refractivity contribution in [1.82, 2.24) is 9.80 Å². The molecule has 2 amide bonds. The molecule has 0 N–H and O–H groups in total. The number of fused-ring (bicyclic) bond motifs is 2. The first kappa shape index (κ1) is 15.4. The molecule has 1 aromatic carbocycles. The van der Waals surface area contributed by atoms with E-state index in [-0.39, 0.29) is 17.5 Å². The van der Waals surface area contributed by atoms with Crippen LogP contribution in [0.3, 0.4) is 0 Å². The van der Waals surface area contributed by atoms with Crippen LogP contribution in [0.5, 0.6) is 0 Å². The number of amides is 2. The number of thiophene rings is 1. The first-order valence-electron chi connectivity index (χ1n) is 8.27. The number of cyclic esters (lactones) is 1. The molecule has 1 unspecified atom stereocenters. The Labute approximate surface area is 144 Å². The van der Waals surface area contributed by atoms with Gasteiger partial charge >= 0.3 is 6.09 Å². The average Bonchev–Trinajstić information content (AvgIpc) is 3.11. The number of carbonyl (C=O) groups excluding carboxylic acids is 2. The third-order valence-corrected chi connectivity index (χ3v) is 6.35. The van der Waals surface area contributed by atoms with Crippen molar-refractivity contribution in [3.05, 3.63) is 34.7 Å². The lowest BCUT2D eigenvalue weighted by Crippen LogP contribution is -2.62. The van der Waals surface area contributed by atoms with E-state index < -0.39 is 0 Å². The Hall–Kier alpha value is -2.08. The van der Waals surface area contributed by atoms with Gasteiger partial charge in [-0.05, 0) is 19.4 Å². The SMILES string of the molecule is CCC12COC(=O)N1CCN(C(=O)c1c(C)sc3ccccc13)C2. The molecule has 0 bridgehead atoms. The van der Waals surface area contributed by atoms with E-state index in [1.165, 1.54) is 0 Å². The molecule has 126 valence electrons. The van der Waals surface area contributed by atoms with E-state index in [0.29, 0.717) is 26.2 Å². The maximum atomic E-state index is 13.2. The van der Waals surface area contributed by atoms with Gasteiger partial charge in [0.2, 0.25) is 0 Å². The van der Waals surface area contributed by atoms with E-state index in [0.717, 1.165) is 26.9 Å². The molecule has 0 saturated carbocycles. The topological polar surface area (TPSA) is 49.9 Å². The van der Waals surface area contributed by atoms with Gasteiger partial charge in [0.15, 0.2) is 0 Å². The minimum absolute atomic E-state index is 0.0665. The normalized spacial score (nSPS) is 23.5. The maximum Gasteiger partial charge on any atom is 0.410 e. The van der Waals surface area contributed by atoms with E-state index in [4.69, 9.17) is 4.74 Å². The fraction of sp³-hybridized carbons (Fsp3) is 0.444. The molecule has 1 aromatic heterocycles. The maximum absolute atomic E-state index is 13.2. The lowest BCUT2D eigenvalue weighted by molar-refractivity contribution is 0.0363. The molecule has 2 aliphatic rings. The van der Waals surface area contributed by atoms with Crippen LogP contribution in [-0.2, 0) is 4.74 Å². The van der Waals surface area contributed by atoms with Crippen LogP contribution in [0.2, 0.25) is 0 Å². The van der Waals surface area contributed by atoms with Crippen molar-refractivity contribution in [2.45, 2.75) is 25.8 Å². The van der Waals surface area contributed by atoms with Gasteiger partial charge in [0.1, 0.15) is 6.61 Å². The molecule has 0 spiro atoms. The van der Waals surface area contributed by atoms with Gasteiger partial charge in [-0.1, -0.05) is 25.1 Å². The molecule has 2 fully saturated rings. The molecule has 2 saturated heterocycles. The van der Waals surface area contributed by atoms with Crippen LogP contribution in [0.1, 0.15) is 28.6 Å². The van der Waals surface area contributed by atoms with Crippen molar-refractivity contribution in [3.8, 4) is 0 Å². The first-order valence-corrected chi connectivity index (χ1v) is 9.09. The molecular weight excluding hydrogens is 324 g/mol. The fourth-order valence-corrected chi connectivity index (χ4v) is 4.89. The third-order valence-electron chi connectivity index (χ3n) is 5.27. The average molecular weight is 344 g/mol. The van der Waals surface area contributed by atoms with Gasteiger partial charge in [0, 0.05) is 34.6 Å². The van der Waals surface area contributed by atoms with Crippen molar-refractivity contribution >= 4 is 33.4 Å². The zero-order chi connectivity index (χ0) is 16.9. The summed E-state index contributed by atoms with van der Waals surface area (Å²) in [5, 5.41) is 1.02. The number of carbonyl (C=O) groups is 2. The molecule has 5 nitrogen and oxygen atoms in total. The number of ether oxygens (including phenoxy) is 1. The van der Waals surface area contributed by atoms with Gasteiger partial charge in [-0.2, -0.15) is 0 Å². The second-order valence-electron chi connectivity index (χ2n) is 6.54. The monoisotopic (exact) mass is 344 g/mol. The number of aryl methyl sites for hydroxylation is 1. The summed E-state index contributed by atoms with van der Waals surface area (Å²) in [5.74, 6) is 0.0665. The Morgan fingerprint density at radius 2 is 2.12 bits per heavy atom. The van der Waals surface area contributed by atoms with Crippen LogP contribution >= 0.6 is 11.3 Å². The number of benzene rings is 1. The Morgan fingerprint density at radius 1 is 1.33 bits per heavy atom. The summed E-state index contributed by atoms with van der Waals surface area (Å²) in [7, 11) is 0. The quantitative estimate of drug-likeness (QED) is 0.840. The molecule has 6 heteroatoms. The van der Waals surface area contributed by atoms with E-state index in [1.54, 1.807) is 16.2 Å². The van der Waals surface area contributed by atoms with Gasteiger partial charge in [-0.3, -0.25) is 9.69 Å². The van der Waals surface area contributed by atoms with Gasteiger partial charge in [-0.25, -0.2) is 4.79 Å². The van der Waals surface area contributed by atoms with Crippen LogP contribution < -0.4 is 0 Å². The highest BCUT2D eigenvalue weighted by molar-refractivity contribution is 7.19. The molecule has 2 aliphatic heterocycles. The minimum atomic E-state index is -0.370. The highest BCUT2D eigenvalue weighted by Crippen LogP contribution is 2.35. The third kappa shape index (κ3) is 2.13. The van der Waals surface area contributed by atoms with Crippen LogP contribution in [0.25, 0.3) is 10.1 Å². The Balaban J connectivity index is 1.68. The smallest absolute Gasteiger partial charge is 0.410 e. The van der Waals surface area contributed by atoms with Crippen LogP contribution in [-0.4, -0.2) is 53.6 Å². The van der Waals surface area contributed by atoms with Gasteiger partial charge in [0.05, 0.1) is 11.1 Å². The highest BCUT2D eigenvalue weighted by Gasteiger charge is 2.50. The molecule has 0 aliphatic carbocycles. The molecule has 3 heterocycles. The number of nitrogens with zero attached hydrogens (tertiary/aromatic N) is 2. The molecular formula is C18H20N2O3S. The number of hydrogen-bond acceptors (Lipinski definition) is 4.